The number of carboxylic acid groups (broad SMARTS) is 1. The van der Waals surface area contributed by atoms with Crippen LogP contribution in [0.5, 0.6) is 5.75 Å². The summed E-state index contributed by atoms with van der Waals surface area (Å²) in [6, 6.07) is 7.89. The van der Waals surface area contributed by atoms with Crippen molar-refractivity contribution in [3.8, 4) is 5.75 Å². The van der Waals surface area contributed by atoms with Gasteiger partial charge in [-0.1, -0.05) is 0 Å². The summed E-state index contributed by atoms with van der Waals surface area (Å²) in [4.78, 5) is 22.7. The van der Waals surface area contributed by atoms with E-state index in [9.17, 15) is 31.9 Å². The maximum Gasteiger partial charge on any atom is 0.419 e. The van der Waals surface area contributed by atoms with Crippen LogP contribution in [-0.2, 0) is 37.0 Å². The zero-order valence-electron chi connectivity index (χ0n) is 23.0. The maximum atomic E-state index is 14.2. The van der Waals surface area contributed by atoms with Crippen molar-refractivity contribution in [3.63, 3.8) is 0 Å². The molecule has 8 nitrogen and oxygen atoms in total. The predicted octanol–water partition coefficient (Wildman–Crippen LogP) is 5.91. The van der Waals surface area contributed by atoms with Gasteiger partial charge < -0.3 is 19.1 Å². The van der Waals surface area contributed by atoms with Gasteiger partial charge in [-0.25, -0.2) is 23.5 Å². The highest BCUT2D eigenvalue weighted by molar-refractivity contribution is 5.88. The van der Waals surface area contributed by atoms with Gasteiger partial charge in [-0.3, -0.25) is 4.90 Å². The number of benzene rings is 2. The minimum Gasteiger partial charge on any atom is -0.488 e. The quantitative estimate of drug-likeness (QED) is 0.251. The van der Waals surface area contributed by atoms with Gasteiger partial charge >= 0.3 is 12.1 Å². The van der Waals surface area contributed by atoms with Gasteiger partial charge in [-0.2, -0.15) is 13.2 Å². The van der Waals surface area contributed by atoms with E-state index in [1.54, 1.807) is 6.07 Å². The number of alkyl halides is 3. The maximum absolute atomic E-state index is 14.2. The molecule has 0 unspecified atom stereocenters. The van der Waals surface area contributed by atoms with Crippen molar-refractivity contribution < 1.29 is 41.3 Å². The smallest absolute Gasteiger partial charge is 0.419 e. The van der Waals surface area contributed by atoms with E-state index in [0.717, 1.165) is 24.6 Å². The second-order valence-electron chi connectivity index (χ2n) is 10.7. The Morgan fingerprint density at radius 2 is 1.93 bits per heavy atom. The van der Waals surface area contributed by atoms with Gasteiger partial charge in [-0.05, 0) is 67.3 Å². The number of nitrogens with zero attached hydrogens (tertiary/aromatic N) is 4. The molecular weight excluding hydrogens is 575 g/mol. The molecule has 0 radical (unpaired) electrons. The molecule has 0 saturated carbocycles. The minimum absolute atomic E-state index is 0.0580. The zero-order valence-corrected chi connectivity index (χ0v) is 23.0. The van der Waals surface area contributed by atoms with Crippen molar-refractivity contribution >= 4 is 17.1 Å². The average Bonchev–Trinajstić information content (AvgIpc) is 3.27. The van der Waals surface area contributed by atoms with Gasteiger partial charge in [0, 0.05) is 30.8 Å². The van der Waals surface area contributed by atoms with Crippen LogP contribution in [0.1, 0.15) is 58.0 Å². The number of fused-ring (bicyclic) bond motifs is 2. The summed E-state index contributed by atoms with van der Waals surface area (Å²) >= 11 is 0. The molecule has 0 aliphatic carbocycles. The van der Waals surface area contributed by atoms with Crippen LogP contribution >= 0.6 is 0 Å². The lowest BCUT2D eigenvalue weighted by molar-refractivity contribution is -0.139. The average molecular weight is 603 g/mol. The van der Waals surface area contributed by atoms with Gasteiger partial charge in [0.25, 0.3) is 0 Å². The molecule has 2 aromatic carbocycles. The fraction of sp³-hybridized carbons (Fsp3) is 0.367. The van der Waals surface area contributed by atoms with Crippen molar-refractivity contribution in [1.29, 1.82) is 0 Å². The molecule has 1 saturated heterocycles. The van der Waals surface area contributed by atoms with Gasteiger partial charge in [0.1, 0.15) is 35.3 Å². The zero-order chi connectivity index (χ0) is 30.5. The van der Waals surface area contributed by atoms with Gasteiger partial charge in [-0.15, -0.1) is 0 Å². The summed E-state index contributed by atoms with van der Waals surface area (Å²) in [6.07, 6.45) is -3.58. The van der Waals surface area contributed by atoms with Crippen LogP contribution in [0.15, 0.2) is 42.5 Å². The number of ether oxygens (including phenoxy) is 2. The number of hydrogen-bond acceptors (Lipinski definition) is 6. The lowest BCUT2D eigenvalue weighted by atomic mass is 9.91. The van der Waals surface area contributed by atoms with Crippen LogP contribution in [0, 0.1) is 11.6 Å². The lowest BCUT2D eigenvalue weighted by Crippen LogP contribution is -2.36. The monoisotopic (exact) mass is 602 g/mol. The van der Waals surface area contributed by atoms with Crippen LogP contribution < -0.4 is 4.74 Å². The Hall–Kier alpha value is -4.10. The second-order valence-corrected chi connectivity index (χ2v) is 10.7. The summed E-state index contributed by atoms with van der Waals surface area (Å²) in [6.45, 7) is 3.21. The number of carbonyl (C=O) groups is 1. The molecule has 0 amide bonds. The predicted molar refractivity (Wildman–Crippen MR) is 144 cm³/mol. The highest BCUT2D eigenvalue weighted by Crippen LogP contribution is 2.42. The van der Waals surface area contributed by atoms with Gasteiger partial charge in [0.2, 0.25) is 0 Å². The van der Waals surface area contributed by atoms with E-state index < -0.39 is 41.7 Å². The number of pyridine rings is 1. The Kier molecular flexibility index (Phi) is 7.55. The fourth-order valence-electron chi connectivity index (χ4n) is 5.55. The van der Waals surface area contributed by atoms with E-state index in [1.165, 1.54) is 12.1 Å². The number of aromatic nitrogens is 3. The summed E-state index contributed by atoms with van der Waals surface area (Å²) in [5.41, 5.74) is 0.971. The first-order valence-electron chi connectivity index (χ1n) is 13.7. The third kappa shape index (κ3) is 5.78. The molecule has 0 bridgehead atoms. The second kappa shape index (κ2) is 11.2. The number of hydrogen-bond donors (Lipinski definition) is 1. The van der Waals surface area contributed by atoms with E-state index in [0.29, 0.717) is 66.8 Å². The largest absolute Gasteiger partial charge is 0.488 e. The van der Waals surface area contributed by atoms with Gasteiger partial charge in [0.05, 0.1) is 24.8 Å². The normalized spacial score (nSPS) is 18.8. The summed E-state index contributed by atoms with van der Waals surface area (Å²) in [7, 11) is 0. The Labute approximate surface area is 242 Å². The fourth-order valence-corrected chi connectivity index (χ4v) is 5.55. The van der Waals surface area contributed by atoms with E-state index in [2.05, 4.69) is 9.88 Å². The van der Waals surface area contributed by atoms with E-state index >= 15 is 0 Å². The Bertz CT molecular complexity index is 1700. The number of rotatable bonds is 8. The summed E-state index contributed by atoms with van der Waals surface area (Å²) in [5.74, 6) is -2.68. The molecule has 13 heteroatoms. The van der Waals surface area contributed by atoms with Crippen LogP contribution in [0.3, 0.4) is 0 Å². The molecule has 4 heterocycles. The van der Waals surface area contributed by atoms with Crippen molar-refractivity contribution in [3.05, 3.63) is 87.9 Å². The van der Waals surface area contributed by atoms with Crippen molar-refractivity contribution in [2.75, 3.05) is 13.2 Å². The molecular formula is C30H27F5N4O4. The molecule has 43 heavy (non-hydrogen) atoms. The Morgan fingerprint density at radius 3 is 2.60 bits per heavy atom. The van der Waals surface area contributed by atoms with Crippen molar-refractivity contribution in [2.24, 2.45) is 0 Å². The molecule has 2 aromatic heterocycles. The third-order valence-corrected chi connectivity index (χ3v) is 8.03. The highest BCUT2D eigenvalue weighted by Gasteiger charge is 2.37. The molecule has 226 valence electrons. The molecule has 2 aliphatic rings. The topological polar surface area (TPSA) is 89.7 Å². The molecule has 1 fully saturated rings. The number of imidazole rings is 1. The van der Waals surface area contributed by atoms with E-state index in [4.69, 9.17) is 14.5 Å². The van der Waals surface area contributed by atoms with E-state index in [1.807, 2.05) is 11.5 Å². The Balaban J connectivity index is 1.31. The molecule has 2 atom stereocenters. The number of carboxylic acids is 1. The number of aromatic carboxylic acids is 1. The molecule has 6 rings (SSSR count). The first-order valence-corrected chi connectivity index (χ1v) is 13.7. The molecule has 0 spiro atoms. The Morgan fingerprint density at radius 1 is 1.14 bits per heavy atom. The van der Waals surface area contributed by atoms with Crippen LogP contribution in [0.25, 0.3) is 11.2 Å². The SMILES string of the molecule is C[C@H]1c2cc(OCc3ccc(F)cc3F)c(C(F)(F)F)cc2CCN1Cc1nc2ccc(C(=O)O)nc2n1C[C@@H]1CCO1. The van der Waals surface area contributed by atoms with Crippen LogP contribution in [-0.4, -0.2) is 49.8 Å². The minimum atomic E-state index is -4.71. The first kappa shape index (κ1) is 29.0. The van der Waals surface area contributed by atoms with Crippen molar-refractivity contribution in [1.82, 2.24) is 19.4 Å². The molecule has 4 aromatic rings. The number of halogens is 5. The lowest BCUT2D eigenvalue weighted by Gasteiger charge is -2.36. The van der Waals surface area contributed by atoms with Gasteiger partial charge in [0.15, 0.2) is 11.3 Å². The van der Waals surface area contributed by atoms with E-state index in [-0.39, 0.29) is 23.4 Å². The third-order valence-electron chi connectivity index (χ3n) is 8.03. The standard InChI is InChI=1S/C30H27F5N4O4/c1-16-21-12-26(43-15-18-2-3-19(31)11-23(18)32)22(30(33,34)35)10-17(21)6-8-38(16)14-27-36-24-4-5-25(29(40)41)37-28(24)39(27)13-20-7-9-42-20/h2-5,10-12,16,20H,6-9,13-15H2,1H3,(H,40,41)/t16-,20-/m0/s1. The molecule has 2 aliphatic heterocycles. The first-order chi connectivity index (χ1) is 20.5. The summed E-state index contributed by atoms with van der Waals surface area (Å²) < 4.78 is 82.5. The van der Waals surface area contributed by atoms with Crippen LogP contribution in [0.2, 0.25) is 0 Å². The van der Waals surface area contributed by atoms with Crippen LogP contribution in [0.4, 0.5) is 22.0 Å². The summed E-state index contributed by atoms with van der Waals surface area (Å²) in [5, 5.41) is 9.45. The highest BCUT2D eigenvalue weighted by atomic mass is 19.4. The van der Waals surface area contributed by atoms with Crippen molar-refractivity contribution in [2.45, 2.75) is 57.8 Å². The molecule has 1 N–H and O–H groups in total.